The van der Waals surface area contributed by atoms with Crippen molar-refractivity contribution in [1.29, 1.82) is 0 Å². The summed E-state index contributed by atoms with van der Waals surface area (Å²) in [6.07, 6.45) is 3.50. The molecule has 0 radical (unpaired) electrons. The number of likely N-dealkylation sites (tertiary alicyclic amines) is 1. The zero-order valence-electron chi connectivity index (χ0n) is 21.1. The van der Waals surface area contributed by atoms with Gasteiger partial charge in [0.1, 0.15) is 23.1 Å². The average molecular weight is 527 g/mol. The predicted octanol–water partition coefficient (Wildman–Crippen LogP) is 2.78. The standard InChI is InChI=1S/C27H32F2N6O3/c28-21-12-17(13-22(29)26(21)35-8-10-38-11-9-35)20-2-1-3-23-25(20)33-27(32-23)18(14-30)15-31-19-4-6-34(7-5-19)16-24(36)37/h1-3,12-13,15,19,31H,4-11,14,16,30H2,(H,32,33)(H,36,37)/b18-15+. The Bertz CT molecular complexity index is 1310. The van der Waals surface area contributed by atoms with Gasteiger partial charge in [-0.15, -0.1) is 0 Å². The van der Waals surface area contributed by atoms with Crippen LogP contribution >= 0.6 is 0 Å². The van der Waals surface area contributed by atoms with Gasteiger partial charge < -0.3 is 30.8 Å². The van der Waals surface area contributed by atoms with Crippen LogP contribution in [0, 0.1) is 11.6 Å². The normalized spacial score (nSPS) is 17.8. The summed E-state index contributed by atoms with van der Waals surface area (Å²) in [6, 6.07) is 8.40. The van der Waals surface area contributed by atoms with E-state index in [0.29, 0.717) is 61.9 Å². The molecule has 11 heteroatoms. The lowest BCUT2D eigenvalue weighted by Crippen LogP contribution is -2.42. The number of carboxylic acids is 1. The van der Waals surface area contributed by atoms with Crippen LogP contribution in [0.25, 0.3) is 27.7 Å². The number of aliphatic carboxylic acids is 1. The smallest absolute Gasteiger partial charge is 0.317 e. The van der Waals surface area contributed by atoms with E-state index < -0.39 is 17.6 Å². The van der Waals surface area contributed by atoms with Crippen LogP contribution in [0.3, 0.4) is 0 Å². The van der Waals surface area contributed by atoms with Crippen LogP contribution in [0.2, 0.25) is 0 Å². The van der Waals surface area contributed by atoms with E-state index in [-0.39, 0.29) is 24.8 Å². The molecular formula is C27H32F2N6O3. The molecular weight excluding hydrogens is 494 g/mol. The molecule has 0 amide bonds. The van der Waals surface area contributed by atoms with E-state index in [1.807, 2.05) is 23.2 Å². The number of anilines is 1. The van der Waals surface area contributed by atoms with Crippen molar-refractivity contribution in [2.45, 2.75) is 18.9 Å². The van der Waals surface area contributed by atoms with Crippen LogP contribution < -0.4 is 16.0 Å². The molecule has 3 heterocycles. The fraction of sp³-hybridized carbons (Fsp3) is 0.407. The van der Waals surface area contributed by atoms with E-state index >= 15 is 8.78 Å². The van der Waals surface area contributed by atoms with Crippen molar-refractivity contribution in [2.24, 2.45) is 5.73 Å². The fourth-order valence-electron chi connectivity index (χ4n) is 5.12. The van der Waals surface area contributed by atoms with E-state index in [2.05, 4.69) is 10.3 Å². The molecule has 2 fully saturated rings. The van der Waals surface area contributed by atoms with Gasteiger partial charge in [0.2, 0.25) is 0 Å². The maximum absolute atomic E-state index is 15.1. The molecule has 5 N–H and O–H groups in total. The number of hydrogen-bond acceptors (Lipinski definition) is 7. The summed E-state index contributed by atoms with van der Waals surface area (Å²) in [5.41, 5.74) is 9.13. The van der Waals surface area contributed by atoms with Gasteiger partial charge >= 0.3 is 5.97 Å². The maximum atomic E-state index is 15.1. The number of H-pyrrole nitrogens is 1. The number of nitrogens with zero attached hydrogens (tertiary/aromatic N) is 3. The molecule has 2 aliphatic rings. The summed E-state index contributed by atoms with van der Waals surface area (Å²) in [5, 5.41) is 12.4. The molecule has 5 rings (SSSR count). The molecule has 202 valence electrons. The van der Waals surface area contributed by atoms with Crippen molar-refractivity contribution in [2.75, 3.05) is 57.4 Å². The van der Waals surface area contributed by atoms with Crippen molar-refractivity contribution in [3.63, 3.8) is 0 Å². The number of piperidine rings is 1. The third kappa shape index (κ3) is 5.64. The van der Waals surface area contributed by atoms with Crippen molar-refractivity contribution in [3.8, 4) is 11.1 Å². The Balaban J connectivity index is 1.37. The van der Waals surface area contributed by atoms with Crippen molar-refractivity contribution >= 4 is 28.3 Å². The Hall–Kier alpha value is -3.54. The Labute approximate surface area is 219 Å². The first-order chi connectivity index (χ1) is 18.4. The molecule has 0 unspecified atom stereocenters. The van der Waals surface area contributed by atoms with Gasteiger partial charge in [0, 0.05) is 56.1 Å². The van der Waals surface area contributed by atoms with Gasteiger partial charge in [-0.3, -0.25) is 9.69 Å². The molecule has 38 heavy (non-hydrogen) atoms. The predicted molar refractivity (Wildman–Crippen MR) is 142 cm³/mol. The summed E-state index contributed by atoms with van der Waals surface area (Å²) in [5.74, 6) is -1.47. The number of aromatic nitrogens is 2. The number of carboxylic acid groups (broad SMARTS) is 1. The first-order valence-electron chi connectivity index (χ1n) is 12.8. The zero-order chi connectivity index (χ0) is 26.6. The number of fused-ring (bicyclic) bond motifs is 1. The summed E-state index contributed by atoms with van der Waals surface area (Å²) in [6.45, 7) is 3.46. The number of nitrogens with one attached hydrogen (secondary N) is 2. The summed E-state index contributed by atoms with van der Waals surface area (Å²) >= 11 is 0. The minimum Gasteiger partial charge on any atom is -0.480 e. The second-order valence-electron chi connectivity index (χ2n) is 9.66. The lowest BCUT2D eigenvalue weighted by atomic mass is 10.0. The number of ether oxygens (including phenoxy) is 1. The number of nitrogens with two attached hydrogens (primary N) is 1. The third-order valence-electron chi connectivity index (χ3n) is 7.13. The minimum absolute atomic E-state index is 0.0276. The highest BCUT2D eigenvalue weighted by atomic mass is 19.1. The zero-order valence-corrected chi connectivity index (χ0v) is 21.1. The number of aromatic amines is 1. The number of carbonyl (C=O) groups is 1. The lowest BCUT2D eigenvalue weighted by molar-refractivity contribution is -0.138. The molecule has 0 atom stereocenters. The highest BCUT2D eigenvalue weighted by Crippen LogP contribution is 2.34. The summed E-state index contributed by atoms with van der Waals surface area (Å²) in [4.78, 5) is 22.6. The fourth-order valence-corrected chi connectivity index (χ4v) is 5.12. The largest absolute Gasteiger partial charge is 0.480 e. The molecule has 0 saturated carbocycles. The van der Waals surface area contributed by atoms with Crippen LogP contribution in [-0.4, -0.2) is 84.5 Å². The number of hydrogen-bond donors (Lipinski definition) is 4. The van der Waals surface area contributed by atoms with E-state index in [0.717, 1.165) is 23.9 Å². The van der Waals surface area contributed by atoms with Gasteiger partial charge in [0.25, 0.3) is 0 Å². The van der Waals surface area contributed by atoms with Gasteiger partial charge in [-0.05, 0) is 36.6 Å². The van der Waals surface area contributed by atoms with Crippen LogP contribution in [-0.2, 0) is 9.53 Å². The maximum Gasteiger partial charge on any atom is 0.317 e. The Morgan fingerprint density at radius 2 is 1.89 bits per heavy atom. The highest BCUT2D eigenvalue weighted by molar-refractivity contribution is 5.93. The van der Waals surface area contributed by atoms with Crippen molar-refractivity contribution in [1.82, 2.24) is 20.2 Å². The van der Waals surface area contributed by atoms with Gasteiger partial charge in [0.15, 0.2) is 0 Å². The second-order valence-corrected chi connectivity index (χ2v) is 9.66. The van der Waals surface area contributed by atoms with Gasteiger partial charge in [-0.2, -0.15) is 0 Å². The first-order valence-corrected chi connectivity index (χ1v) is 12.8. The van der Waals surface area contributed by atoms with Gasteiger partial charge in [-0.1, -0.05) is 12.1 Å². The number of para-hydroxylation sites is 1. The Morgan fingerprint density at radius 1 is 1.18 bits per heavy atom. The van der Waals surface area contributed by atoms with Crippen LogP contribution in [0.15, 0.2) is 36.5 Å². The Morgan fingerprint density at radius 3 is 2.55 bits per heavy atom. The monoisotopic (exact) mass is 526 g/mol. The molecule has 0 aliphatic carbocycles. The van der Waals surface area contributed by atoms with Crippen molar-refractivity contribution in [3.05, 3.63) is 54.0 Å². The SMILES string of the molecule is NC/C(=C\NC1CCN(CC(=O)O)CC1)c1nc2c(-c3cc(F)c(N4CCOCC4)c(F)c3)cccc2[nH]1. The van der Waals surface area contributed by atoms with Gasteiger partial charge in [0.05, 0.1) is 30.8 Å². The van der Waals surface area contributed by atoms with E-state index in [9.17, 15) is 4.79 Å². The second kappa shape index (κ2) is 11.5. The number of rotatable bonds is 8. The molecule has 2 aliphatic heterocycles. The number of morpholine rings is 1. The summed E-state index contributed by atoms with van der Waals surface area (Å²) < 4.78 is 35.5. The Kier molecular flexibility index (Phi) is 7.87. The topological polar surface area (TPSA) is 120 Å². The third-order valence-corrected chi connectivity index (χ3v) is 7.13. The molecule has 0 spiro atoms. The molecule has 9 nitrogen and oxygen atoms in total. The lowest BCUT2D eigenvalue weighted by Gasteiger charge is -2.31. The molecule has 2 aromatic carbocycles. The van der Waals surface area contributed by atoms with E-state index in [1.165, 1.54) is 12.1 Å². The van der Waals surface area contributed by atoms with Crippen LogP contribution in [0.4, 0.5) is 14.5 Å². The molecule has 0 bridgehead atoms. The molecule has 3 aromatic rings. The van der Waals surface area contributed by atoms with Gasteiger partial charge in [-0.25, -0.2) is 13.8 Å². The molecule has 1 aromatic heterocycles. The minimum atomic E-state index is -0.815. The quantitative estimate of drug-likeness (QED) is 0.354. The number of benzene rings is 2. The van der Waals surface area contributed by atoms with Crippen LogP contribution in [0.1, 0.15) is 18.7 Å². The highest BCUT2D eigenvalue weighted by Gasteiger charge is 2.22. The van der Waals surface area contributed by atoms with E-state index in [1.54, 1.807) is 11.0 Å². The summed E-state index contributed by atoms with van der Waals surface area (Å²) in [7, 11) is 0. The number of halogens is 2. The number of imidazole rings is 1. The molecule has 2 saturated heterocycles. The van der Waals surface area contributed by atoms with Crippen molar-refractivity contribution < 1.29 is 23.4 Å². The van der Waals surface area contributed by atoms with Crippen LogP contribution in [0.5, 0.6) is 0 Å². The van der Waals surface area contributed by atoms with E-state index in [4.69, 9.17) is 20.6 Å². The average Bonchev–Trinajstić information content (AvgIpc) is 3.34. The first kappa shape index (κ1) is 26.1.